The van der Waals surface area contributed by atoms with Crippen LogP contribution in [0.1, 0.15) is 24.1 Å². The van der Waals surface area contributed by atoms with Crippen LogP contribution in [0, 0.1) is 6.92 Å². The first-order valence-electron chi connectivity index (χ1n) is 6.45. The zero-order valence-electron chi connectivity index (χ0n) is 11.3. The molecular weight excluding hydrogens is 316 g/mol. The third-order valence-electron chi connectivity index (χ3n) is 3.27. The molecule has 0 fully saturated rings. The van der Waals surface area contributed by atoms with Crippen molar-refractivity contribution in [2.24, 2.45) is 0 Å². The lowest BCUT2D eigenvalue weighted by Crippen LogP contribution is -2.09. The fourth-order valence-electron chi connectivity index (χ4n) is 2.24. The third kappa shape index (κ3) is 2.54. The molecule has 2 heterocycles. The highest BCUT2D eigenvalue weighted by molar-refractivity contribution is 9.10. The minimum Gasteiger partial charge on any atom is -0.362 e. The lowest BCUT2D eigenvalue weighted by atomic mass is 10.1. The smallest absolute Gasteiger partial charge is 0.154 e. The molecule has 0 saturated heterocycles. The second-order valence-electron chi connectivity index (χ2n) is 4.88. The Bertz CT molecular complexity index is 750. The Kier molecular flexibility index (Phi) is 3.44. The van der Waals surface area contributed by atoms with Gasteiger partial charge in [0.05, 0.1) is 6.04 Å². The van der Waals surface area contributed by atoms with E-state index in [0.717, 1.165) is 15.8 Å². The van der Waals surface area contributed by atoms with Crippen molar-refractivity contribution in [3.63, 3.8) is 0 Å². The molecule has 0 spiro atoms. The largest absolute Gasteiger partial charge is 0.362 e. The van der Waals surface area contributed by atoms with E-state index >= 15 is 0 Å². The maximum absolute atomic E-state index is 4.34. The van der Waals surface area contributed by atoms with Gasteiger partial charge in [-0.15, -0.1) is 0 Å². The van der Waals surface area contributed by atoms with Gasteiger partial charge in [-0.05, 0) is 41.4 Å². The maximum atomic E-state index is 4.34. The van der Waals surface area contributed by atoms with Gasteiger partial charge in [0.2, 0.25) is 0 Å². The monoisotopic (exact) mass is 330 g/mol. The van der Waals surface area contributed by atoms with Crippen LogP contribution in [-0.4, -0.2) is 14.6 Å². The molecule has 3 rings (SSSR count). The van der Waals surface area contributed by atoms with Gasteiger partial charge in [-0.1, -0.05) is 29.8 Å². The van der Waals surface area contributed by atoms with Gasteiger partial charge >= 0.3 is 0 Å². The average Bonchev–Trinajstić information content (AvgIpc) is 2.80. The lowest BCUT2D eigenvalue weighted by molar-refractivity contribution is 0.850. The predicted octanol–water partition coefficient (Wildman–Crippen LogP) is 3.97. The highest BCUT2D eigenvalue weighted by Crippen LogP contribution is 2.24. The average molecular weight is 331 g/mol. The molecule has 4 nitrogen and oxygen atoms in total. The molecule has 0 radical (unpaired) electrons. The number of nitrogens with one attached hydrogen (secondary N) is 1. The Morgan fingerprint density at radius 3 is 2.95 bits per heavy atom. The van der Waals surface area contributed by atoms with Gasteiger partial charge in [0.15, 0.2) is 5.82 Å². The molecule has 0 saturated carbocycles. The molecular formula is C15H15BrN4. The van der Waals surface area contributed by atoms with E-state index in [2.05, 4.69) is 69.4 Å². The van der Waals surface area contributed by atoms with E-state index in [9.17, 15) is 0 Å². The molecule has 1 aromatic carbocycles. The van der Waals surface area contributed by atoms with Crippen molar-refractivity contribution < 1.29 is 0 Å². The molecule has 1 atom stereocenters. The molecule has 0 aliphatic heterocycles. The van der Waals surface area contributed by atoms with Crippen LogP contribution < -0.4 is 5.32 Å². The van der Waals surface area contributed by atoms with Crippen LogP contribution in [0.5, 0.6) is 0 Å². The normalized spacial score (nSPS) is 12.6. The number of rotatable bonds is 3. The predicted molar refractivity (Wildman–Crippen MR) is 83.9 cm³/mol. The molecule has 102 valence electrons. The van der Waals surface area contributed by atoms with Crippen molar-refractivity contribution in [3.8, 4) is 0 Å². The number of nitrogens with zero attached hydrogens (tertiary/aromatic N) is 3. The Morgan fingerprint density at radius 1 is 1.30 bits per heavy atom. The number of anilines is 1. The fraction of sp³-hybridized carbons (Fsp3) is 0.200. The second-order valence-corrected chi connectivity index (χ2v) is 5.79. The summed E-state index contributed by atoms with van der Waals surface area (Å²) < 4.78 is 2.80. The van der Waals surface area contributed by atoms with Crippen molar-refractivity contribution in [3.05, 3.63) is 58.5 Å². The van der Waals surface area contributed by atoms with E-state index in [0.29, 0.717) is 0 Å². The van der Waals surface area contributed by atoms with E-state index in [1.165, 1.54) is 11.1 Å². The van der Waals surface area contributed by atoms with Gasteiger partial charge in [-0.2, -0.15) is 5.10 Å². The van der Waals surface area contributed by atoms with Crippen LogP contribution >= 0.6 is 15.9 Å². The van der Waals surface area contributed by atoms with Crippen LogP contribution in [0.3, 0.4) is 0 Å². The zero-order valence-corrected chi connectivity index (χ0v) is 12.9. The maximum Gasteiger partial charge on any atom is 0.154 e. The number of benzene rings is 1. The number of fused-ring (bicyclic) bond motifs is 1. The van der Waals surface area contributed by atoms with Crippen molar-refractivity contribution in [2.75, 3.05) is 5.32 Å². The van der Waals surface area contributed by atoms with Crippen LogP contribution in [0.4, 0.5) is 5.82 Å². The standard InChI is InChI=1S/C15H15BrN4/c1-10-4-3-5-12(6-10)11(2)19-15-14-7-13(16)8-20(14)18-9-17-15/h3-9,11H,1-2H3,(H,17,18,19)/t11-/m1/s1. The minimum atomic E-state index is 0.183. The van der Waals surface area contributed by atoms with Crippen LogP contribution in [0.15, 0.2) is 47.3 Å². The van der Waals surface area contributed by atoms with Gasteiger partial charge in [-0.3, -0.25) is 0 Å². The number of aryl methyl sites for hydroxylation is 1. The number of aromatic nitrogens is 3. The summed E-state index contributed by atoms with van der Waals surface area (Å²) in [5.74, 6) is 0.833. The summed E-state index contributed by atoms with van der Waals surface area (Å²) in [6.45, 7) is 4.23. The van der Waals surface area contributed by atoms with Gasteiger partial charge in [-0.25, -0.2) is 9.50 Å². The molecule has 0 amide bonds. The van der Waals surface area contributed by atoms with Gasteiger partial charge in [0.25, 0.3) is 0 Å². The summed E-state index contributed by atoms with van der Waals surface area (Å²) >= 11 is 3.46. The zero-order chi connectivity index (χ0) is 14.1. The van der Waals surface area contributed by atoms with Crippen LogP contribution in [0.25, 0.3) is 5.52 Å². The molecule has 3 aromatic rings. The van der Waals surface area contributed by atoms with Gasteiger partial charge in [0.1, 0.15) is 11.8 Å². The summed E-state index contributed by atoms with van der Waals surface area (Å²) in [6.07, 6.45) is 3.48. The van der Waals surface area contributed by atoms with E-state index in [1.54, 1.807) is 6.33 Å². The Hall–Kier alpha value is -1.88. The van der Waals surface area contributed by atoms with Crippen molar-refractivity contribution in [2.45, 2.75) is 19.9 Å². The second kappa shape index (κ2) is 5.25. The van der Waals surface area contributed by atoms with Crippen molar-refractivity contribution in [1.29, 1.82) is 0 Å². The minimum absolute atomic E-state index is 0.183. The Labute approximate surface area is 126 Å². The van der Waals surface area contributed by atoms with E-state index < -0.39 is 0 Å². The first kappa shape index (κ1) is 13.1. The van der Waals surface area contributed by atoms with Crippen LogP contribution in [-0.2, 0) is 0 Å². The third-order valence-corrected chi connectivity index (χ3v) is 3.70. The molecule has 0 aliphatic carbocycles. The number of halogens is 1. The topological polar surface area (TPSA) is 42.2 Å². The first-order valence-corrected chi connectivity index (χ1v) is 7.25. The molecule has 20 heavy (non-hydrogen) atoms. The molecule has 1 N–H and O–H groups in total. The van der Waals surface area contributed by atoms with E-state index in [4.69, 9.17) is 0 Å². The number of hydrogen-bond donors (Lipinski definition) is 1. The molecule has 0 aliphatic rings. The van der Waals surface area contributed by atoms with Gasteiger partial charge < -0.3 is 5.32 Å². The molecule has 2 aromatic heterocycles. The summed E-state index contributed by atoms with van der Waals surface area (Å²) in [5, 5.41) is 7.64. The Balaban J connectivity index is 1.93. The summed E-state index contributed by atoms with van der Waals surface area (Å²) in [6, 6.07) is 10.7. The highest BCUT2D eigenvalue weighted by atomic mass is 79.9. The van der Waals surface area contributed by atoms with E-state index in [1.807, 2.05) is 16.8 Å². The molecule has 5 heteroatoms. The SMILES string of the molecule is Cc1cccc([C@@H](C)Nc2ncnn3cc(Br)cc23)c1. The molecule has 0 unspecified atom stereocenters. The quantitative estimate of drug-likeness (QED) is 0.789. The van der Waals surface area contributed by atoms with E-state index in [-0.39, 0.29) is 6.04 Å². The highest BCUT2D eigenvalue weighted by Gasteiger charge is 2.10. The molecule has 0 bridgehead atoms. The van der Waals surface area contributed by atoms with Crippen molar-refractivity contribution in [1.82, 2.24) is 14.6 Å². The summed E-state index contributed by atoms with van der Waals surface area (Å²) in [4.78, 5) is 4.34. The van der Waals surface area contributed by atoms with Crippen molar-refractivity contribution >= 4 is 27.3 Å². The van der Waals surface area contributed by atoms with Crippen LogP contribution in [0.2, 0.25) is 0 Å². The summed E-state index contributed by atoms with van der Waals surface area (Å²) in [5.41, 5.74) is 3.46. The number of hydrogen-bond acceptors (Lipinski definition) is 3. The van der Waals surface area contributed by atoms with Gasteiger partial charge in [0, 0.05) is 10.7 Å². The summed E-state index contributed by atoms with van der Waals surface area (Å²) in [7, 11) is 0. The first-order chi connectivity index (χ1) is 9.63. The fourth-order valence-corrected chi connectivity index (χ4v) is 2.65. The Morgan fingerprint density at radius 2 is 2.15 bits per heavy atom. The lowest BCUT2D eigenvalue weighted by Gasteiger charge is -2.16.